The Hall–Kier alpha value is -2.86. The average molecular weight is 365 g/mol. The summed E-state index contributed by atoms with van der Waals surface area (Å²) in [6, 6.07) is 3.34. The minimum atomic E-state index is -5.08. The molecule has 0 radical (unpaired) electrons. The maximum Gasteiger partial charge on any atom is 0.490 e. The van der Waals surface area contributed by atoms with Crippen LogP contribution in [-0.2, 0) is 14.3 Å². The Morgan fingerprint density at radius 2 is 1.38 bits per heavy atom. The fraction of sp³-hybridized carbons (Fsp3) is 0.273. The molecule has 0 atom stereocenters. The highest BCUT2D eigenvalue weighted by Crippen LogP contribution is 2.13. The van der Waals surface area contributed by atoms with E-state index >= 15 is 0 Å². The third-order valence-corrected chi connectivity index (χ3v) is 1.57. The molecule has 0 fully saturated rings. The molecule has 13 heteroatoms. The summed E-state index contributed by atoms with van der Waals surface area (Å²) in [5.41, 5.74) is 0.477. The van der Waals surface area contributed by atoms with Crippen LogP contribution in [0.4, 0.5) is 26.3 Å². The van der Waals surface area contributed by atoms with Crippen molar-refractivity contribution in [3.63, 3.8) is 0 Å². The van der Waals surface area contributed by atoms with Crippen molar-refractivity contribution >= 4 is 17.9 Å². The Balaban J connectivity index is 0. The molecule has 7 nitrogen and oxygen atoms in total. The number of alkyl halides is 6. The predicted molar refractivity (Wildman–Crippen MR) is 63.0 cm³/mol. The van der Waals surface area contributed by atoms with E-state index in [1.54, 1.807) is 18.3 Å². The van der Waals surface area contributed by atoms with Crippen LogP contribution in [0.2, 0.25) is 0 Å². The highest BCUT2D eigenvalue weighted by Gasteiger charge is 2.38. The van der Waals surface area contributed by atoms with Gasteiger partial charge in [-0.25, -0.2) is 14.4 Å². The minimum absolute atomic E-state index is 0.354. The molecule has 2 N–H and O–H groups in total. The zero-order valence-electron chi connectivity index (χ0n) is 11.6. The molecule has 1 aromatic heterocycles. The maximum atomic E-state index is 10.8. The summed E-state index contributed by atoms with van der Waals surface area (Å²) in [6.07, 6.45) is -7.10. The molecule has 0 saturated heterocycles. The van der Waals surface area contributed by atoms with Crippen LogP contribution in [0, 0.1) is 0 Å². The first-order valence-corrected chi connectivity index (χ1v) is 5.32. The van der Waals surface area contributed by atoms with E-state index in [1.807, 2.05) is 0 Å². The number of esters is 1. The lowest BCUT2D eigenvalue weighted by Crippen LogP contribution is -2.21. The highest BCUT2D eigenvalue weighted by atomic mass is 19.4. The predicted octanol–water partition coefficient (Wildman–Crippen LogP) is 2.13. The van der Waals surface area contributed by atoms with Gasteiger partial charge in [0.15, 0.2) is 0 Å². The van der Waals surface area contributed by atoms with Crippen molar-refractivity contribution in [3.8, 4) is 0 Å². The molecule has 0 unspecified atom stereocenters. The molecule has 0 aliphatic carbocycles. The molecule has 1 aromatic rings. The summed E-state index contributed by atoms with van der Waals surface area (Å²) >= 11 is 0. The summed E-state index contributed by atoms with van der Waals surface area (Å²) in [5.74, 6) is -5.87. The normalized spacial score (nSPS) is 10.3. The third-order valence-electron chi connectivity index (χ3n) is 1.57. The SMILES string of the molecule is COC(=O)c1cccnc1.O=C(O)C(F)(F)F.O=C(O)C(F)(F)F. The topological polar surface area (TPSA) is 114 Å². The van der Waals surface area contributed by atoms with Gasteiger partial charge >= 0.3 is 30.3 Å². The monoisotopic (exact) mass is 365 g/mol. The summed E-state index contributed by atoms with van der Waals surface area (Å²) in [4.78, 5) is 32.3. The number of halogens is 6. The Morgan fingerprint density at radius 1 is 1.00 bits per heavy atom. The number of carboxylic acid groups (broad SMARTS) is 2. The Morgan fingerprint density at radius 3 is 1.58 bits per heavy atom. The molecule has 0 amide bonds. The average Bonchev–Trinajstić information content (AvgIpc) is 2.46. The lowest BCUT2D eigenvalue weighted by molar-refractivity contribution is -0.193. The van der Waals surface area contributed by atoms with E-state index in [2.05, 4.69) is 9.72 Å². The second kappa shape index (κ2) is 10.0. The lowest BCUT2D eigenvalue weighted by atomic mass is 10.3. The fourth-order valence-electron chi connectivity index (χ4n) is 0.601. The van der Waals surface area contributed by atoms with Crippen molar-refractivity contribution < 1.29 is 55.7 Å². The maximum absolute atomic E-state index is 10.8. The third kappa shape index (κ3) is 11.8. The number of hydrogen-bond donors (Lipinski definition) is 2. The Kier molecular flexibility index (Phi) is 9.77. The largest absolute Gasteiger partial charge is 0.490 e. The van der Waals surface area contributed by atoms with E-state index in [9.17, 15) is 31.1 Å². The van der Waals surface area contributed by atoms with Gasteiger partial charge in [-0.2, -0.15) is 26.3 Å². The highest BCUT2D eigenvalue weighted by molar-refractivity contribution is 5.88. The van der Waals surface area contributed by atoms with Crippen molar-refractivity contribution in [3.05, 3.63) is 30.1 Å². The van der Waals surface area contributed by atoms with Gasteiger partial charge in [0.1, 0.15) is 0 Å². The smallest absolute Gasteiger partial charge is 0.475 e. The number of rotatable bonds is 1. The summed E-state index contributed by atoms with van der Waals surface area (Å²) in [5, 5.41) is 14.2. The zero-order valence-corrected chi connectivity index (χ0v) is 11.6. The number of methoxy groups -OCH3 is 1. The number of aromatic nitrogens is 1. The van der Waals surface area contributed by atoms with Gasteiger partial charge in [-0.1, -0.05) is 0 Å². The van der Waals surface area contributed by atoms with E-state index in [0.29, 0.717) is 5.56 Å². The van der Waals surface area contributed by atoms with E-state index in [4.69, 9.17) is 19.8 Å². The molecule has 1 heterocycles. The molecular formula is C11H9F6NO6. The number of carbonyl (C=O) groups excluding carboxylic acids is 1. The van der Waals surface area contributed by atoms with Crippen LogP contribution >= 0.6 is 0 Å². The first-order chi connectivity index (χ1) is 10.7. The second-order valence-electron chi connectivity index (χ2n) is 3.34. The molecular weight excluding hydrogens is 356 g/mol. The van der Waals surface area contributed by atoms with E-state index in [1.165, 1.54) is 13.3 Å². The van der Waals surface area contributed by atoms with Crippen LogP contribution < -0.4 is 0 Å². The van der Waals surface area contributed by atoms with Gasteiger partial charge in [0.05, 0.1) is 12.7 Å². The van der Waals surface area contributed by atoms with E-state index in [-0.39, 0.29) is 5.97 Å². The van der Waals surface area contributed by atoms with Crippen LogP contribution in [0.3, 0.4) is 0 Å². The number of pyridine rings is 1. The van der Waals surface area contributed by atoms with Gasteiger partial charge in [-0.3, -0.25) is 4.98 Å². The molecule has 0 aromatic carbocycles. The standard InChI is InChI=1S/C7H7NO2.2C2HF3O2/c1-10-7(9)6-3-2-4-8-5-6;2*3-2(4,5)1(6)7/h2-5H,1H3;2*(H,6,7). The van der Waals surface area contributed by atoms with Crippen LogP contribution in [0.1, 0.15) is 10.4 Å². The van der Waals surface area contributed by atoms with Gasteiger partial charge in [-0.05, 0) is 12.1 Å². The van der Waals surface area contributed by atoms with Gasteiger partial charge in [0.2, 0.25) is 0 Å². The number of hydrogen-bond acceptors (Lipinski definition) is 5. The van der Waals surface area contributed by atoms with Crippen LogP contribution in [-0.4, -0.2) is 52.6 Å². The van der Waals surface area contributed by atoms with Crippen molar-refractivity contribution in [1.29, 1.82) is 0 Å². The molecule has 136 valence electrons. The summed E-state index contributed by atoms with van der Waals surface area (Å²) in [6.45, 7) is 0. The lowest BCUT2D eigenvalue weighted by Gasteiger charge is -1.94. The molecule has 24 heavy (non-hydrogen) atoms. The zero-order chi connectivity index (χ0) is 19.6. The van der Waals surface area contributed by atoms with E-state index < -0.39 is 24.3 Å². The number of ether oxygens (including phenoxy) is 1. The van der Waals surface area contributed by atoms with Gasteiger partial charge in [0, 0.05) is 12.4 Å². The molecule has 0 saturated carbocycles. The van der Waals surface area contributed by atoms with Crippen LogP contribution in [0.5, 0.6) is 0 Å². The second-order valence-corrected chi connectivity index (χ2v) is 3.34. The molecule has 0 aliphatic rings. The first-order valence-electron chi connectivity index (χ1n) is 5.32. The van der Waals surface area contributed by atoms with E-state index in [0.717, 1.165) is 0 Å². The summed E-state index contributed by atoms with van der Waals surface area (Å²) in [7, 11) is 1.34. The number of carbonyl (C=O) groups is 3. The Labute approximate surface area is 129 Å². The number of nitrogens with zero attached hydrogens (tertiary/aromatic N) is 1. The molecule has 1 rings (SSSR count). The van der Waals surface area contributed by atoms with Gasteiger partial charge in [0.25, 0.3) is 0 Å². The quantitative estimate of drug-likeness (QED) is 0.579. The van der Waals surface area contributed by atoms with Gasteiger partial charge in [-0.15, -0.1) is 0 Å². The first kappa shape index (κ1) is 23.4. The molecule has 0 bridgehead atoms. The number of aliphatic carboxylic acids is 2. The van der Waals surface area contributed by atoms with Crippen molar-refractivity contribution in [1.82, 2.24) is 4.98 Å². The van der Waals surface area contributed by atoms with Crippen molar-refractivity contribution in [2.45, 2.75) is 12.4 Å². The fourth-order valence-corrected chi connectivity index (χ4v) is 0.601. The Bertz CT molecular complexity index is 518. The van der Waals surface area contributed by atoms with Gasteiger partial charge < -0.3 is 14.9 Å². The van der Waals surface area contributed by atoms with Crippen molar-refractivity contribution in [2.75, 3.05) is 7.11 Å². The molecule has 0 spiro atoms. The van der Waals surface area contributed by atoms with Crippen molar-refractivity contribution in [2.24, 2.45) is 0 Å². The van der Waals surface area contributed by atoms with Crippen LogP contribution in [0.25, 0.3) is 0 Å². The minimum Gasteiger partial charge on any atom is -0.475 e. The van der Waals surface area contributed by atoms with Crippen LogP contribution in [0.15, 0.2) is 24.5 Å². The summed E-state index contributed by atoms with van der Waals surface area (Å²) < 4.78 is 67.9. The number of carboxylic acids is 2. The molecule has 0 aliphatic heterocycles.